The highest BCUT2D eigenvalue weighted by atomic mass is 16.5. The van der Waals surface area contributed by atoms with Gasteiger partial charge in [-0.05, 0) is 18.9 Å². The van der Waals surface area contributed by atoms with E-state index in [2.05, 4.69) is 25.7 Å². The maximum Gasteiger partial charge on any atom is 0.0557 e. The first-order valence-corrected chi connectivity index (χ1v) is 7.10. The number of rotatable bonds is 8. The van der Waals surface area contributed by atoms with E-state index in [0.29, 0.717) is 0 Å². The molecule has 1 aliphatic heterocycles. The zero-order chi connectivity index (χ0) is 12.7. The minimum absolute atomic E-state index is 0.00203. The molecule has 0 saturated carbocycles. The summed E-state index contributed by atoms with van der Waals surface area (Å²) in [5, 5.41) is 9.60. The fraction of sp³-hybridized carbons (Fsp3) is 1.00. The highest BCUT2D eigenvalue weighted by Crippen LogP contribution is 2.29. The fourth-order valence-corrected chi connectivity index (χ4v) is 2.64. The smallest absolute Gasteiger partial charge is 0.0557 e. The predicted molar refractivity (Wildman–Crippen MR) is 71.1 cm³/mol. The summed E-state index contributed by atoms with van der Waals surface area (Å²) in [6.45, 7) is 11.7. The quantitative estimate of drug-likeness (QED) is 0.709. The Labute approximate surface area is 106 Å². The molecule has 0 aromatic rings. The molecule has 0 spiro atoms. The minimum atomic E-state index is 0.00203. The summed E-state index contributed by atoms with van der Waals surface area (Å²) < 4.78 is 5.47. The Morgan fingerprint density at radius 2 is 2.00 bits per heavy atom. The predicted octanol–water partition coefficient (Wildman–Crippen LogP) is 2.14. The van der Waals surface area contributed by atoms with Crippen LogP contribution in [0.25, 0.3) is 0 Å². The van der Waals surface area contributed by atoms with Crippen LogP contribution in [0.1, 0.15) is 40.0 Å². The van der Waals surface area contributed by atoms with E-state index in [0.717, 1.165) is 45.2 Å². The molecule has 3 nitrogen and oxygen atoms in total. The van der Waals surface area contributed by atoms with Crippen LogP contribution in [0, 0.1) is 11.3 Å². The lowest BCUT2D eigenvalue weighted by Crippen LogP contribution is -2.42. The van der Waals surface area contributed by atoms with Gasteiger partial charge in [-0.1, -0.05) is 33.6 Å². The molecule has 1 heterocycles. The van der Waals surface area contributed by atoms with E-state index in [-0.39, 0.29) is 12.0 Å². The molecule has 0 radical (unpaired) electrons. The van der Waals surface area contributed by atoms with Crippen molar-refractivity contribution in [2.75, 3.05) is 39.5 Å². The standard InChI is InChI=1S/C14H29NO2/c1-4-13(5-2)9-15(6-3)10-14(11-16)7-8-17-12-14/h13,16H,4-12H2,1-3H3. The van der Waals surface area contributed by atoms with Gasteiger partial charge in [0.25, 0.3) is 0 Å². The summed E-state index contributed by atoms with van der Waals surface area (Å²) in [6, 6.07) is 0. The van der Waals surface area contributed by atoms with Gasteiger partial charge in [0.2, 0.25) is 0 Å². The second-order valence-corrected chi connectivity index (χ2v) is 5.47. The number of nitrogens with zero attached hydrogens (tertiary/aromatic N) is 1. The van der Waals surface area contributed by atoms with Gasteiger partial charge in [0.05, 0.1) is 13.2 Å². The van der Waals surface area contributed by atoms with Crippen LogP contribution >= 0.6 is 0 Å². The van der Waals surface area contributed by atoms with Crippen LogP contribution in [0.4, 0.5) is 0 Å². The molecule has 1 fully saturated rings. The first-order chi connectivity index (χ1) is 8.19. The van der Waals surface area contributed by atoms with Crippen LogP contribution in [-0.4, -0.2) is 49.5 Å². The van der Waals surface area contributed by atoms with E-state index in [1.165, 1.54) is 12.8 Å². The Morgan fingerprint density at radius 3 is 2.41 bits per heavy atom. The second kappa shape index (κ2) is 7.34. The molecule has 0 aromatic carbocycles. The Balaban J connectivity index is 2.49. The van der Waals surface area contributed by atoms with Crippen molar-refractivity contribution in [3.8, 4) is 0 Å². The molecule has 0 aromatic heterocycles. The third-order valence-corrected chi connectivity index (χ3v) is 4.20. The number of hydrogen-bond acceptors (Lipinski definition) is 3. The Kier molecular flexibility index (Phi) is 6.45. The number of hydrogen-bond donors (Lipinski definition) is 1. The third kappa shape index (κ3) is 4.23. The van der Waals surface area contributed by atoms with Crippen LogP contribution in [0.15, 0.2) is 0 Å². The molecule has 17 heavy (non-hydrogen) atoms. The van der Waals surface area contributed by atoms with Crippen molar-refractivity contribution in [3.63, 3.8) is 0 Å². The summed E-state index contributed by atoms with van der Waals surface area (Å²) >= 11 is 0. The maximum atomic E-state index is 9.60. The van der Waals surface area contributed by atoms with Crippen molar-refractivity contribution in [3.05, 3.63) is 0 Å². The minimum Gasteiger partial charge on any atom is -0.396 e. The normalized spacial score (nSPS) is 25.1. The van der Waals surface area contributed by atoms with Gasteiger partial charge in [0.15, 0.2) is 0 Å². The monoisotopic (exact) mass is 243 g/mol. The zero-order valence-electron chi connectivity index (χ0n) is 11.7. The van der Waals surface area contributed by atoms with Gasteiger partial charge in [0.1, 0.15) is 0 Å². The molecule has 0 bridgehead atoms. The number of aliphatic hydroxyl groups excluding tert-OH is 1. The van der Waals surface area contributed by atoms with E-state index >= 15 is 0 Å². The van der Waals surface area contributed by atoms with Crippen molar-refractivity contribution in [2.45, 2.75) is 40.0 Å². The molecular weight excluding hydrogens is 214 g/mol. The molecule has 1 atom stereocenters. The van der Waals surface area contributed by atoms with Gasteiger partial charge in [-0.25, -0.2) is 0 Å². The first-order valence-electron chi connectivity index (χ1n) is 7.10. The van der Waals surface area contributed by atoms with E-state index in [9.17, 15) is 5.11 Å². The van der Waals surface area contributed by atoms with Crippen LogP contribution in [0.5, 0.6) is 0 Å². The van der Waals surface area contributed by atoms with Gasteiger partial charge in [-0.3, -0.25) is 0 Å². The van der Waals surface area contributed by atoms with Crippen molar-refractivity contribution >= 4 is 0 Å². The fourth-order valence-electron chi connectivity index (χ4n) is 2.64. The SMILES string of the molecule is CCC(CC)CN(CC)CC1(CO)CCOC1. The highest BCUT2D eigenvalue weighted by Gasteiger charge is 2.36. The van der Waals surface area contributed by atoms with Crippen molar-refractivity contribution in [1.82, 2.24) is 4.90 Å². The topological polar surface area (TPSA) is 32.7 Å². The summed E-state index contributed by atoms with van der Waals surface area (Å²) in [7, 11) is 0. The van der Waals surface area contributed by atoms with Crippen molar-refractivity contribution < 1.29 is 9.84 Å². The Bertz CT molecular complexity index is 198. The summed E-state index contributed by atoms with van der Waals surface area (Å²) in [4.78, 5) is 2.49. The molecule has 3 heteroatoms. The molecule has 1 N–H and O–H groups in total. The number of ether oxygens (including phenoxy) is 1. The van der Waals surface area contributed by atoms with Gasteiger partial charge in [-0.15, -0.1) is 0 Å². The first kappa shape index (κ1) is 14.9. The molecule has 1 saturated heterocycles. The van der Waals surface area contributed by atoms with Crippen LogP contribution < -0.4 is 0 Å². The average molecular weight is 243 g/mol. The van der Waals surface area contributed by atoms with E-state index in [1.807, 2.05) is 0 Å². The third-order valence-electron chi connectivity index (χ3n) is 4.20. The van der Waals surface area contributed by atoms with E-state index in [4.69, 9.17) is 4.74 Å². The van der Waals surface area contributed by atoms with Crippen LogP contribution in [-0.2, 0) is 4.74 Å². The molecule has 102 valence electrons. The van der Waals surface area contributed by atoms with Gasteiger partial charge >= 0.3 is 0 Å². The zero-order valence-corrected chi connectivity index (χ0v) is 11.7. The van der Waals surface area contributed by atoms with Gasteiger partial charge in [-0.2, -0.15) is 0 Å². The highest BCUT2D eigenvalue weighted by molar-refractivity contribution is 4.86. The second-order valence-electron chi connectivity index (χ2n) is 5.47. The lowest BCUT2D eigenvalue weighted by molar-refractivity contribution is 0.0527. The lowest BCUT2D eigenvalue weighted by atomic mass is 9.87. The van der Waals surface area contributed by atoms with Crippen LogP contribution in [0.2, 0.25) is 0 Å². The molecule has 1 unspecified atom stereocenters. The molecule has 0 aliphatic carbocycles. The summed E-state index contributed by atoms with van der Waals surface area (Å²) in [5.41, 5.74) is 0.00203. The van der Waals surface area contributed by atoms with Gasteiger partial charge < -0.3 is 14.7 Å². The van der Waals surface area contributed by atoms with Gasteiger partial charge in [0, 0.05) is 25.1 Å². The van der Waals surface area contributed by atoms with Crippen molar-refractivity contribution in [2.24, 2.45) is 11.3 Å². The maximum absolute atomic E-state index is 9.60. The molecule has 0 amide bonds. The Hall–Kier alpha value is -0.120. The summed E-state index contributed by atoms with van der Waals surface area (Å²) in [6.07, 6.45) is 3.49. The van der Waals surface area contributed by atoms with Crippen molar-refractivity contribution in [1.29, 1.82) is 0 Å². The van der Waals surface area contributed by atoms with E-state index in [1.54, 1.807) is 0 Å². The average Bonchev–Trinajstić information content (AvgIpc) is 2.83. The molecule has 1 aliphatic rings. The molecular formula is C14H29NO2. The Morgan fingerprint density at radius 1 is 1.29 bits per heavy atom. The molecule has 1 rings (SSSR count). The van der Waals surface area contributed by atoms with E-state index < -0.39 is 0 Å². The number of aliphatic hydroxyl groups is 1. The summed E-state index contributed by atoms with van der Waals surface area (Å²) in [5.74, 6) is 0.785. The largest absolute Gasteiger partial charge is 0.396 e. The lowest BCUT2D eigenvalue weighted by Gasteiger charge is -2.34. The van der Waals surface area contributed by atoms with Crippen LogP contribution in [0.3, 0.4) is 0 Å².